The van der Waals surface area contributed by atoms with Crippen molar-refractivity contribution in [2.24, 2.45) is 7.05 Å². The van der Waals surface area contributed by atoms with Crippen molar-refractivity contribution in [2.75, 3.05) is 17.7 Å². The largest absolute Gasteiger partial charge is 0.383 e. The van der Waals surface area contributed by atoms with E-state index in [1.165, 1.54) is 0 Å². The molecule has 0 bridgehead atoms. The molecule has 1 amide bonds. The number of fused-ring (bicyclic) bond motifs is 1. The van der Waals surface area contributed by atoms with E-state index >= 15 is 0 Å². The van der Waals surface area contributed by atoms with Crippen molar-refractivity contribution >= 4 is 17.4 Å². The summed E-state index contributed by atoms with van der Waals surface area (Å²) in [5.41, 5.74) is 9.92. The minimum atomic E-state index is -0.0992. The van der Waals surface area contributed by atoms with Crippen LogP contribution in [-0.4, -0.2) is 22.7 Å². The number of carbonyl (C=O) groups excluding carboxylic acids is 1. The third-order valence-corrected chi connectivity index (χ3v) is 3.85. The van der Waals surface area contributed by atoms with Gasteiger partial charge in [-0.05, 0) is 30.2 Å². The maximum absolute atomic E-state index is 12.0. The molecule has 1 aromatic carbocycles. The van der Waals surface area contributed by atoms with E-state index in [0.717, 1.165) is 22.4 Å². The van der Waals surface area contributed by atoms with Crippen LogP contribution in [0.3, 0.4) is 0 Å². The van der Waals surface area contributed by atoms with Gasteiger partial charge in [0.2, 0.25) is 5.91 Å². The van der Waals surface area contributed by atoms with Crippen LogP contribution in [0.5, 0.6) is 0 Å². The average Bonchev–Trinajstić information content (AvgIpc) is 2.85. The molecule has 2 heterocycles. The highest BCUT2D eigenvalue weighted by atomic mass is 16.2. The van der Waals surface area contributed by atoms with Crippen LogP contribution in [0.2, 0.25) is 0 Å². The highest BCUT2D eigenvalue weighted by Gasteiger charge is 2.31. The van der Waals surface area contributed by atoms with Gasteiger partial charge in [0, 0.05) is 25.3 Å². The van der Waals surface area contributed by atoms with Crippen LogP contribution in [0, 0.1) is 0 Å². The lowest BCUT2D eigenvalue weighted by molar-refractivity contribution is -0.118. The second-order valence-electron chi connectivity index (χ2n) is 4.96. The SMILES string of the molecule is CC1C(=O)N(C)c2ccc(-c3cnn(C)c3N)cc21. The van der Waals surface area contributed by atoms with E-state index in [-0.39, 0.29) is 11.8 Å². The lowest BCUT2D eigenvalue weighted by Crippen LogP contribution is -2.22. The molecule has 19 heavy (non-hydrogen) atoms. The van der Waals surface area contributed by atoms with Crippen LogP contribution in [-0.2, 0) is 11.8 Å². The Bertz CT molecular complexity index is 674. The molecule has 0 aliphatic carbocycles. The number of nitrogens with zero attached hydrogens (tertiary/aromatic N) is 3. The molecular formula is C14H16N4O. The fourth-order valence-corrected chi connectivity index (χ4v) is 2.59. The number of aryl methyl sites for hydroxylation is 1. The molecule has 1 aromatic heterocycles. The number of anilines is 2. The molecule has 0 saturated heterocycles. The Balaban J connectivity index is 2.13. The number of aromatic nitrogens is 2. The molecule has 1 atom stereocenters. The molecule has 1 aliphatic heterocycles. The quantitative estimate of drug-likeness (QED) is 0.845. The summed E-state index contributed by atoms with van der Waals surface area (Å²) < 4.78 is 1.64. The number of hydrogen-bond acceptors (Lipinski definition) is 3. The summed E-state index contributed by atoms with van der Waals surface area (Å²) in [6.45, 7) is 1.93. The minimum Gasteiger partial charge on any atom is -0.383 e. The first-order valence-electron chi connectivity index (χ1n) is 6.20. The summed E-state index contributed by atoms with van der Waals surface area (Å²) in [6, 6.07) is 5.99. The first-order valence-corrected chi connectivity index (χ1v) is 6.20. The Labute approximate surface area is 111 Å². The summed E-state index contributed by atoms with van der Waals surface area (Å²) in [7, 11) is 3.62. The van der Waals surface area contributed by atoms with Crippen LogP contribution in [0.15, 0.2) is 24.4 Å². The molecule has 5 nitrogen and oxygen atoms in total. The van der Waals surface area contributed by atoms with Crippen LogP contribution in [0.1, 0.15) is 18.4 Å². The maximum atomic E-state index is 12.0. The van der Waals surface area contributed by atoms with Crippen molar-refractivity contribution in [1.29, 1.82) is 0 Å². The van der Waals surface area contributed by atoms with Crippen LogP contribution in [0.4, 0.5) is 11.5 Å². The Morgan fingerprint density at radius 3 is 2.68 bits per heavy atom. The first-order chi connectivity index (χ1) is 9.00. The molecule has 1 aliphatic rings. The highest BCUT2D eigenvalue weighted by Crippen LogP contribution is 2.39. The van der Waals surface area contributed by atoms with E-state index in [0.29, 0.717) is 5.82 Å². The van der Waals surface area contributed by atoms with E-state index in [1.54, 1.807) is 15.8 Å². The molecule has 0 fully saturated rings. The molecule has 5 heteroatoms. The van der Waals surface area contributed by atoms with Gasteiger partial charge in [-0.25, -0.2) is 0 Å². The first kappa shape index (κ1) is 11.8. The van der Waals surface area contributed by atoms with Crippen LogP contribution < -0.4 is 10.6 Å². The fourth-order valence-electron chi connectivity index (χ4n) is 2.59. The van der Waals surface area contributed by atoms with Gasteiger partial charge >= 0.3 is 0 Å². The number of amides is 1. The zero-order chi connectivity index (χ0) is 13.7. The monoisotopic (exact) mass is 256 g/mol. The number of hydrogen-bond donors (Lipinski definition) is 1. The van der Waals surface area contributed by atoms with Crippen molar-refractivity contribution < 1.29 is 4.79 Å². The summed E-state index contributed by atoms with van der Waals surface area (Å²) in [6.07, 6.45) is 1.75. The van der Waals surface area contributed by atoms with E-state index in [1.807, 2.05) is 39.2 Å². The zero-order valence-electron chi connectivity index (χ0n) is 11.2. The summed E-state index contributed by atoms with van der Waals surface area (Å²) in [4.78, 5) is 13.7. The number of likely N-dealkylation sites (N-methyl/N-ethyl adjacent to an activating group) is 1. The topological polar surface area (TPSA) is 64.2 Å². The standard InChI is InChI=1S/C14H16N4O/c1-8-10-6-9(11-7-16-18(3)13(11)15)4-5-12(10)17(2)14(8)19/h4-8H,15H2,1-3H3. The lowest BCUT2D eigenvalue weighted by Gasteiger charge is -2.10. The van der Waals surface area contributed by atoms with Gasteiger partial charge in [-0.15, -0.1) is 0 Å². The predicted molar refractivity (Wildman–Crippen MR) is 74.9 cm³/mol. The third-order valence-electron chi connectivity index (χ3n) is 3.85. The van der Waals surface area contributed by atoms with Crippen molar-refractivity contribution in [1.82, 2.24) is 9.78 Å². The molecule has 98 valence electrons. The second-order valence-corrected chi connectivity index (χ2v) is 4.96. The predicted octanol–water partition coefficient (Wildman–Crippen LogP) is 1.75. The Hall–Kier alpha value is -2.30. The number of nitrogen functional groups attached to an aromatic ring is 1. The number of rotatable bonds is 1. The van der Waals surface area contributed by atoms with Gasteiger partial charge in [-0.2, -0.15) is 5.10 Å². The number of carbonyl (C=O) groups is 1. The van der Waals surface area contributed by atoms with E-state index in [4.69, 9.17) is 5.73 Å². The van der Waals surface area contributed by atoms with Crippen LogP contribution >= 0.6 is 0 Å². The van der Waals surface area contributed by atoms with Gasteiger partial charge in [0.1, 0.15) is 5.82 Å². The maximum Gasteiger partial charge on any atom is 0.234 e. The second kappa shape index (κ2) is 3.85. The number of benzene rings is 1. The molecule has 0 spiro atoms. The van der Waals surface area contributed by atoms with Gasteiger partial charge in [0.25, 0.3) is 0 Å². The van der Waals surface area contributed by atoms with E-state index < -0.39 is 0 Å². The van der Waals surface area contributed by atoms with E-state index in [9.17, 15) is 4.79 Å². The third kappa shape index (κ3) is 1.54. The van der Waals surface area contributed by atoms with Gasteiger partial charge in [0.05, 0.1) is 12.1 Å². The molecule has 1 unspecified atom stereocenters. The summed E-state index contributed by atoms with van der Waals surface area (Å²) in [5.74, 6) is 0.662. The summed E-state index contributed by atoms with van der Waals surface area (Å²) >= 11 is 0. The molecule has 3 rings (SSSR count). The molecule has 0 radical (unpaired) electrons. The zero-order valence-corrected chi connectivity index (χ0v) is 11.2. The van der Waals surface area contributed by atoms with E-state index in [2.05, 4.69) is 5.10 Å². The Morgan fingerprint density at radius 2 is 2.05 bits per heavy atom. The van der Waals surface area contributed by atoms with Crippen molar-refractivity contribution in [2.45, 2.75) is 12.8 Å². The highest BCUT2D eigenvalue weighted by molar-refractivity contribution is 6.04. The Kier molecular flexibility index (Phi) is 2.38. The van der Waals surface area contributed by atoms with Crippen molar-refractivity contribution in [3.63, 3.8) is 0 Å². The number of nitrogens with two attached hydrogens (primary N) is 1. The normalized spacial score (nSPS) is 17.9. The van der Waals surface area contributed by atoms with Gasteiger partial charge in [-0.1, -0.05) is 6.07 Å². The lowest BCUT2D eigenvalue weighted by atomic mass is 9.98. The summed E-state index contributed by atoms with van der Waals surface area (Å²) in [5, 5.41) is 4.15. The van der Waals surface area contributed by atoms with Gasteiger partial charge in [0.15, 0.2) is 0 Å². The van der Waals surface area contributed by atoms with Gasteiger partial charge in [-0.3, -0.25) is 9.48 Å². The molecular weight excluding hydrogens is 240 g/mol. The van der Waals surface area contributed by atoms with Crippen molar-refractivity contribution in [3.8, 4) is 11.1 Å². The Morgan fingerprint density at radius 1 is 1.32 bits per heavy atom. The van der Waals surface area contributed by atoms with Gasteiger partial charge < -0.3 is 10.6 Å². The van der Waals surface area contributed by atoms with Crippen molar-refractivity contribution in [3.05, 3.63) is 30.0 Å². The molecule has 2 N–H and O–H groups in total. The molecule has 0 saturated carbocycles. The fraction of sp³-hybridized carbons (Fsp3) is 0.286. The molecule has 2 aromatic rings. The smallest absolute Gasteiger partial charge is 0.234 e. The average molecular weight is 256 g/mol. The van der Waals surface area contributed by atoms with Crippen LogP contribution in [0.25, 0.3) is 11.1 Å². The minimum absolute atomic E-state index is 0.0992.